The quantitative estimate of drug-likeness (QED) is 0.540. The van der Waals surface area contributed by atoms with Crippen molar-refractivity contribution in [2.24, 2.45) is 0 Å². The highest BCUT2D eigenvalue weighted by atomic mass is 32.1. The highest BCUT2D eigenvalue weighted by molar-refractivity contribution is 7.71. The largest absolute Gasteiger partial charge is 0.481 e. The summed E-state index contributed by atoms with van der Waals surface area (Å²) in [4.78, 5) is 27.2. The van der Waals surface area contributed by atoms with Crippen LogP contribution in [0.25, 0.3) is 0 Å². The summed E-state index contributed by atoms with van der Waals surface area (Å²) in [6.07, 6.45) is 1.96. The highest BCUT2D eigenvalue weighted by Gasteiger charge is 2.05. The lowest BCUT2D eigenvalue weighted by molar-refractivity contribution is -0.137. The zero-order valence-electron chi connectivity index (χ0n) is 9.00. The highest BCUT2D eigenvalue weighted by Crippen LogP contribution is 2.05. The van der Waals surface area contributed by atoms with Gasteiger partial charge >= 0.3 is 5.97 Å². The van der Waals surface area contributed by atoms with E-state index < -0.39 is 5.97 Å². The number of aromatic nitrogens is 2. The molecule has 0 aliphatic rings. The number of aromatic amines is 2. The van der Waals surface area contributed by atoms with Gasteiger partial charge in [-0.15, -0.1) is 0 Å². The van der Waals surface area contributed by atoms with Crippen LogP contribution in [0, 0.1) is 11.7 Å². The SMILES string of the molecule is Cc1[nH]c(=S)[nH]c(=O)c1CCCCC(=O)O. The molecule has 0 saturated heterocycles. The Labute approximate surface area is 97.5 Å². The van der Waals surface area contributed by atoms with Crippen LogP contribution >= 0.6 is 12.2 Å². The van der Waals surface area contributed by atoms with Crippen molar-refractivity contribution in [2.45, 2.75) is 32.6 Å². The van der Waals surface area contributed by atoms with E-state index in [0.717, 1.165) is 5.69 Å². The van der Waals surface area contributed by atoms with Gasteiger partial charge in [-0.2, -0.15) is 0 Å². The Balaban J connectivity index is 2.64. The molecule has 0 atom stereocenters. The van der Waals surface area contributed by atoms with Gasteiger partial charge in [0.25, 0.3) is 5.56 Å². The molecular weight excluding hydrogens is 228 g/mol. The van der Waals surface area contributed by atoms with Gasteiger partial charge in [-0.1, -0.05) is 0 Å². The number of carbonyl (C=O) groups is 1. The monoisotopic (exact) mass is 242 g/mol. The summed E-state index contributed by atoms with van der Waals surface area (Å²) in [5.74, 6) is -0.807. The van der Waals surface area contributed by atoms with E-state index in [-0.39, 0.29) is 12.0 Å². The van der Waals surface area contributed by atoms with Crippen LogP contribution in [-0.4, -0.2) is 21.0 Å². The normalized spacial score (nSPS) is 10.3. The van der Waals surface area contributed by atoms with Crippen molar-refractivity contribution in [3.05, 3.63) is 26.4 Å². The van der Waals surface area contributed by atoms with E-state index in [1.165, 1.54) is 0 Å². The van der Waals surface area contributed by atoms with Crippen molar-refractivity contribution >= 4 is 18.2 Å². The minimum atomic E-state index is -0.807. The number of carboxylic acid groups (broad SMARTS) is 1. The topological polar surface area (TPSA) is 86.0 Å². The molecule has 1 heterocycles. The third-order valence-electron chi connectivity index (χ3n) is 2.32. The van der Waals surface area contributed by atoms with Crippen molar-refractivity contribution in [2.75, 3.05) is 0 Å². The second kappa shape index (κ2) is 5.60. The number of aryl methyl sites for hydroxylation is 1. The van der Waals surface area contributed by atoms with Crippen LogP contribution in [0.4, 0.5) is 0 Å². The van der Waals surface area contributed by atoms with Gasteiger partial charge in [0, 0.05) is 17.7 Å². The summed E-state index contributed by atoms with van der Waals surface area (Å²) in [5, 5.41) is 8.47. The van der Waals surface area contributed by atoms with E-state index >= 15 is 0 Å². The fourth-order valence-corrected chi connectivity index (χ4v) is 1.75. The molecule has 1 aromatic heterocycles. The zero-order valence-corrected chi connectivity index (χ0v) is 9.82. The van der Waals surface area contributed by atoms with Crippen LogP contribution in [0.15, 0.2) is 4.79 Å². The molecular formula is C10H14N2O3S. The Morgan fingerprint density at radius 2 is 2.06 bits per heavy atom. The molecule has 0 aromatic carbocycles. The van der Waals surface area contributed by atoms with Gasteiger partial charge in [0.1, 0.15) is 0 Å². The average Bonchev–Trinajstić information content (AvgIpc) is 2.14. The Kier molecular flexibility index (Phi) is 4.42. The molecule has 0 aliphatic heterocycles. The maximum absolute atomic E-state index is 11.5. The average molecular weight is 242 g/mol. The van der Waals surface area contributed by atoms with Gasteiger partial charge in [-0.25, -0.2) is 0 Å². The van der Waals surface area contributed by atoms with Crippen LogP contribution in [0.3, 0.4) is 0 Å². The molecule has 0 bridgehead atoms. The number of unbranched alkanes of at least 4 members (excludes halogenated alkanes) is 1. The maximum atomic E-state index is 11.5. The Bertz CT molecular complexity index is 490. The number of nitrogens with one attached hydrogen (secondary N) is 2. The second-order valence-electron chi connectivity index (χ2n) is 3.61. The van der Waals surface area contributed by atoms with Gasteiger partial charge in [0.05, 0.1) is 0 Å². The Hall–Kier alpha value is -1.43. The predicted molar refractivity (Wildman–Crippen MR) is 62.2 cm³/mol. The fraction of sp³-hybridized carbons (Fsp3) is 0.500. The Morgan fingerprint density at radius 1 is 1.38 bits per heavy atom. The van der Waals surface area contributed by atoms with Gasteiger partial charge in [-0.05, 0) is 38.4 Å². The molecule has 0 aliphatic carbocycles. The number of rotatable bonds is 5. The summed E-state index contributed by atoms with van der Waals surface area (Å²) in [6, 6.07) is 0. The standard InChI is InChI=1S/C10H14N2O3S/c1-6-7(4-2-3-5-8(13)14)9(15)12-10(16)11-6/h2-5H2,1H3,(H,13,14)(H2,11,12,15,16). The lowest BCUT2D eigenvalue weighted by Crippen LogP contribution is -2.16. The van der Waals surface area contributed by atoms with E-state index in [4.69, 9.17) is 17.3 Å². The number of H-pyrrole nitrogens is 2. The van der Waals surface area contributed by atoms with E-state index in [0.29, 0.717) is 29.6 Å². The summed E-state index contributed by atoms with van der Waals surface area (Å²) in [7, 11) is 0. The van der Waals surface area contributed by atoms with E-state index in [1.54, 1.807) is 6.92 Å². The van der Waals surface area contributed by atoms with Crippen LogP contribution in [0.2, 0.25) is 0 Å². The summed E-state index contributed by atoms with van der Waals surface area (Å²) >= 11 is 4.83. The first-order valence-electron chi connectivity index (χ1n) is 5.04. The summed E-state index contributed by atoms with van der Waals surface area (Å²) < 4.78 is 0.316. The summed E-state index contributed by atoms with van der Waals surface area (Å²) in [5.41, 5.74) is 1.22. The fourth-order valence-electron chi connectivity index (χ4n) is 1.50. The molecule has 0 spiro atoms. The lowest BCUT2D eigenvalue weighted by Gasteiger charge is -2.03. The van der Waals surface area contributed by atoms with Gasteiger partial charge in [-0.3, -0.25) is 14.6 Å². The molecule has 6 heteroatoms. The van der Waals surface area contributed by atoms with Crippen molar-refractivity contribution in [1.82, 2.24) is 9.97 Å². The van der Waals surface area contributed by atoms with Crippen LogP contribution in [0.1, 0.15) is 30.5 Å². The van der Waals surface area contributed by atoms with Gasteiger partial charge < -0.3 is 10.1 Å². The zero-order chi connectivity index (χ0) is 12.1. The van der Waals surface area contributed by atoms with E-state index in [1.807, 2.05) is 0 Å². The Morgan fingerprint density at radius 3 is 2.62 bits per heavy atom. The van der Waals surface area contributed by atoms with Crippen molar-refractivity contribution in [3.63, 3.8) is 0 Å². The van der Waals surface area contributed by atoms with Crippen molar-refractivity contribution < 1.29 is 9.90 Å². The molecule has 16 heavy (non-hydrogen) atoms. The number of hydrogen-bond donors (Lipinski definition) is 3. The van der Waals surface area contributed by atoms with Crippen LogP contribution in [0.5, 0.6) is 0 Å². The van der Waals surface area contributed by atoms with Crippen molar-refractivity contribution in [3.8, 4) is 0 Å². The molecule has 0 unspecified atom stereocenters. The second-order valence-corrected chi connectivity index (χ2v) is 4.02. The van der Waals surface area contributed by atoms with Crippen molar-refractivity contribution in [1.29, 1.82) is 0 Å². The van der Waals surface area contributed by atoms with E-state index in [9.17, 15) is 9.59 Å². The lowest BCUT2D eigenvalue weighted by atomic mass is 10.1. The third-order valence-corrected chi connectivity index (χ3v) is 2.53. The van der Waals surface area contributed by atoms with E-state index in [2.05, 4.69) is 9.97 Å². The molecule has 3 N–H and O–H groups in total. The van der Waals surface area contributed by atoms with Gasteiger partial charge in [0.15, 0.2) is 4.77 Å². The smallest absolute Gasteiger partial charge is 0.303 e. The predicted octanol–water partition coefficient (Wildman–Crippen LogP) is 1.54. The third kappa shape index (κ3) is 3.62. The maximum Gasteiger partial charge on any atom is 0.303 e. The first-order valence-corrected chi connectivity index (χ1v) is 5.45. The first kappa shape index (κ1) is 12.6. The molecule has 88 valence electrons. The van der Waals surface area contributed by atoms with Gasteiger partial charge in [0.2, 0.25) is 0 Å². The molecule has 1 aromatic rings. The molecule has 0 fully saturated rings. The minimum Gasteiger partial charge on any atom is -0.481 e. The summed E-state index contributed by atoms with van der Waals surface area (Å²) in [6.45, 7) is 1.79. The molecule has 0 amide bonds. The molecule has 0 saturated carbocycles. The number of carboxylic acids is 1. The molecule has 1 rings (SSSR count). The van der Waals surface area contributed by atoms with Crippen LogP contribution in [-0.2, 0) is 11.2 Å². The molecule has 5 nitrogen and oxygen atoms in total. The number of aliphatic carboxylic acids is 1. The minimum absolute atomic E-state index is 0.139. The molecule has 0 radical (unpaired) electrons. The number of hydrogen-bond acceptors (Lipinski definition) is 3. The first-order chi connectivity index (χ1) is 7.50. The van der Waals surface area contributed by atoms with Crippen LogP contribution < -0.4 is 5.56 Å².